The number of ether oxygens (including phenoxy) is 1. The molecule has 0 aliphatic carbocycles. The summed E-state index contributed by atoms with van der Waals surface area (Å²) in [5, 5.41) is 21.4. The fraction of sp³-hybridized carbons (Fsp3) is 0.364. The van der Waals surface area contributed by atoms with Crippen molar-refractivity contribution >= 4 is 11.6 Å². The van der Waals surface area contributed by atoms with Crippen molar-refractivity contribution < 1.29 is 14.6 Å². The molecule has 0 saturated heterocycles. The second kappa shape index (κ2) is 5.33. The number of aromatic nitrogens is 3. The largest absolute Gasteiger partial charge is 0.481 e. The molecule has 0 radical (unpaired) electrons. The van der Waals surface area contributed by atoms with Crippen LogP contribution in [-0.2, 0) is 16.1 Å². The third-order valence-corrected chi connectivity index (χ3v) is 2.49. The molecule has 0 saturated carbocycles. The van der Waals surface area contributed by atoms with E-state index in [9.17, 15) is 4.79 Å². The molecule has 7 heteroatoms. The molecular formula is C11H12N4O3. The summed E-state index contributed by atoms with van der Waals surface area (Å²) in [6, 6.07) is 2.07. The van der Waals surface area contributed by atoms with E-state index >= 15 is 0 Å². The van der Waals surface area contributed by atoms with Crippen LogP contribution in [0.3, 0.4) is 0 Å². The normalized spacial score (nSPS) is 10.6. The number of nitrogens with zero attached hydrogens (tertiary/aromatic N) is 4. The maximum Gasteiger partial charge on any atom is 0.305 e. The number of carbonyl (C=O) groups is 1. The highest BCUT2D eigenvalue weighted by Gasteiger charge is 2.08. The van der Waals surface area contributed by atoms with Crippen molar-refractivity contribution in [1.82, 2.24) is 14.2 Å². The maximum absolute atomic E-state index is 10.3. The molecule has 2 aromatic rings. The summed E-state index contributed by atoms with van der Waals surface area (Å²) in [5.41, 5.74) is 1.23. The first-order chi connectivity index (χ1) is 8.72. The summed E-state index contributed by atoms with van der Waals surface area (Å²) in [5.74, 6) is -0.874. The summed E-state index contributed by atoms with van der Waals surface area (Å²) in [6.07, 6.45) is 5.07. The fourth-order valence-corrected chi connectivity index (χ4v) is 1.65. The van der Waals surface area contributed by atoms with Crippen molar-refractivity contribution in [1.29, 1.82) is 5.26 Å². The number of fused-ring (bicyclic) bond motifs is 1. The van der Waals surface area contributed by atoms with E-state index in [0.29, 0.717) is 18.7 Å². The summed E-state index contributed by atoms with van der Waals surface area (Å²) in [7, 11) is 0. The molecule has 0 amide bonds. The predicted molar refractivity (Wildman–Crippen MR) is 61.0 cm³/mol. The highest BCUT2D eigenvalue weighted by Crippen LogP contribution is 2.10. The average Bonchev–Trinajstić information content (AvgIpc) is 2.90. The predicted octanol–water partition coefficient (Wildman–Crippen LogP) is 0.499. The third kappa shape index (κ3) is 2.49. The summed E-state index contributed by atoms with van der Waals surface area (Å²) < 4.78 is 8.68. The number of nitriles is 1. The van der Waals surface area contributed by atoms with Crippen LogP contribution in [-0.4, -0.2) is 38.5 Å². The first kappa shape index (κ1) is 12.1. The van der Waals surface area contributed by atoms with Gasteiger partial charge < -0.3 is 14.4 Å². The molecule has 0 aliphatic rings. The second-order valence-electron chi connectivity index (χ2n) is 3.69. The van der Waals surface area contributed by atoms with E-state index in [0.717, 1.165) is 5.65 Å². The van der Waals surface area contributed by atoms with Gasteiger partial charge >= 0.3 is 5.97 Å². The zero-order valence-electron chi connectivity index (χ0n) is 9.61. The molecule has 1 N–H and O–H groups in total. The molecule has 2 aromatic heterocycles. The molecular weight excluding hydrogens is 236 g/mol. The van der Waals surface area contributed by atoms with E-state index in [-0.39, 0.29) is 13.0 Å². The Hall–Kier alpha value is -2.33. The Kier molecular flexibility index (Phi) is 3.60. The Morgan fingerprint density at radius 2 is 2.33 bits per heavy atom. The van der Waals surface area contributed by atoms with Gasteiger partial charge in [0.2, 0.25) is 0 Å². The minimum absolute atomic E-state index is 0.00276. The molecule has 0 fully saturated rings. The number of carboxylic acids is 1. The minimum atomic E-state index is -0.874. The average molecular weight is 248 g/mol. The zero-order chi connectivity index (χ0) is 13.0. The number of hydrogen-bond acceptors (Lipinski definition) is 4. The van der Waals surface area contributed by atoms with Gasteiger partial charge in [0.05, 0.1) is 25.8 Å². The van der Waals surface area contributed by atoms with Crippen LogP contribution < -0.4 is 0 Å². The highest BCUT2D eigenvalue weighted by molar-refractivity contribution is 5.66. The smallest absolute Gasteiger partial charge is 0.305 e. The van der Waals surface area contributed by atoms with Crippen LogP contribution in [0, 0.1) is 11.3 Å². The number of imidazole rings is 1. The van der Waals surface area contributed by atoms with Crippen LogP contribution in [0.1, 0.15) is 12.0 Å². The van der Waals surface area contributed by atoms with Crippen molar-refractivity contribution in [3.05, 3.63) is 24.2 Å². The van der Waals surface area contributed by atoms with Gasteiger partial charge in [0.1, 0.15) is 11.6 Å². The van der Waals surface area contributed by atoms with Crippen LogP contribution in [0.4, 0.5) is 0 Å². The fourth-order valence-electron chi connectivity index (χ4n) is 1.65. The molecule has 7 nitrogen and oxygen atoms in total. The van der Waals surface area contributed by atoms with Crippen LogP contribution >= 0.6 is 0 Å². The summed E-state index contributed by atoms with van der Waals surface area (Å²) in [4.78, 5) is 10.3. The first-order valence-corrected chi connectivity index (χ1v) is 5.44. The van der Waals surface area contributed by atoms with Gasteiger partial charge in [0.25, 0.3) is 0 Å². The van der Waals surface area contributed by atoms with Crippen molar-refractivity contribution in [2.45, 2.75) is 13.0 Å². The lowest BCUT2D eigenvalue weighted by Gasteiger charge is -2.04. The maximum atomic E-state index is 10.3. The van der Waals surface area contributed by atoms with E-state index in [1.165, 1.54) is 6.20 Å². The SMILES string of the molecule is N#Cc1cnn2ccn(CCOCCC(=O)O)c12. The van der Waals surface area contributed by atoms with Gasteiger partial charge in [0.15, 0.2) is 5.65 Å². The summed E-state index contributed by atoms with van der Waals surface area (Å²) in [6.45, 7) is 1.14. The van der Waals surface area contributed by atoms with Gasteiger partial charge in [-0.3, -0.25) is 4.79 Å². The monoisotopic (exact) mass is 248 g/mol. The lowest BCUT2D eigenvalue weighted by atomic mass is 10.4. The van der Waals surface area contributed by atoms with Crippen molar-refractivity contribution in [3.8, 4) is 6.07 Å². The Bertz CT molecular complexity index is 593. The quantitative estimate of drug-likeness (QED) is 0.751. The first-order valence-electron chi connectivity index (χ1n) is 5.44. The van der Waals surface area contributed by atoms with E-state index in [1.54, 1.807) is 10.7 Å². The number of carboxylic acid groups (broad SMARTS) is 1. The number of aliphatic carboxylic acids is 1. The van der Waals surface area contributed by atoms with Gasteiger partial charge in [-0.1, -0.05) is 0 Å². The van der Waals surface area contributed by atoms with Crippen LogP contribution in [0.15, 0.2) is 18.6 Å². The Balaban J connectivity index is 1.94. The van der Waals surface area contributed by atoms with Crippen molar-refractivity contribution in [3.63, 3.8) is 0 Å². The minimum Gasteiger partial charge on any atom is -0.481 e. The van der Waals surface area contributed by atoms with Crippen molar-refractivity contribution in [2.75, 3.05) is 13.2 Å². The number of rotatable bonds is 6. The van der Waals surface area contributed by atoms with Gasteiger partial charge in [-0.15, -0.1) is 0 Å². The molecule has 0 unspecified atom stereocenters. The van der Waals surface area contributed by atoms with Crippen LogP contribution in [0.2, 0.25) is 0 Å². The molecule has 2 rings (SSSR count). The Morgan fingerprint density at radius 1 is 1.50 bits per heavy atom. The second-order valence-corrected chi connectivity index (χ2v) is 3.69. The van der Waals surface area contributed by atoms with Gasteiger partial charge in [0, 0.05) is 18.9 Å². The lowest BCUT2D eigenvalue weighted by molar-refractivity contribution is -0.138. The molecule has 94 valence electrons. The molecule has 0 bridgehead atoms. The van der Waals surface area contributed by atoms with Gasteiger partial charge in [-0.25, -0.2) is 4.52 Å². The van der Waals surface area contributed by atoms with E-state index < -0.39 is 5.97 Å². The van der Waals surface area contributed by atoms with E-state index in [4.69, 9.17) is 15.1 Å². The molecule has 0 aromatic carbocycles. The molecule has 2 heterocycles. The Morgan fingerprint density at radius 3 is 3.06 bits per heavy atom. The topological polar surface area (TPSA) is 92.5 Å². The third-order valence-electron chi connectivity index (χ3n) is 2.49. The standard InChI is InChI=1S/C11H12N4O3/c12-7-9-8-13-15-3-2-14(11(9)15)4-6-18-5-1-10(16)17/h2-3,8H,1,4-6H2,(H,16,17). The molecule has 0 spiro atoms. The van der Waals surface area contributed by atoms with Crippen LogP contribution in [0.5, 0.6) is 0 Å². The van der Waals surface area contributed by atoms with Gasteiger partial charge in [-0.2, -0.15) is 10.4 Å². The van der Waals surface area contributed by atoms with Crippen molar-refractivity contribution in [2.24, 2.45) is 0 Å². The van der Waals surface area contributed by atoms with Crippen LogP contribution in [0.25, 0.3) is 5.65 Å². The molecule has 0 aliphatic heterocycles. The van der Waals surface area contributed by atoms with Gasteiger partial charge in [-0.05, 0) is 0 Å². The number of hydrogen-bond donors (Lipinski definition) is 1. The van der Waals surface area contributed by atoms with E-state index in [2.05, 4.69) is 11.2 Å². The van der Waals surface area contributed by atoms with E-state index in [1.807, 2.05) is 10.8 Å². The zero-order valence-corrected chi connectivity index (χ0v) is 9.61. The highest BCUT2D eigenvalue weighted by atomic mass is 16.5. The molecule has 18 heavy (non-hydrogen) atoms. The Labute approximate surface area is 103 Å². The molecule has 0 atom stereocenters. The summed E-state index contributed by atoms with van der Waals surface area (Å²) >= 11 is 0. The lowest BCUT2D eigenvalue weighted by Crippen LogP contribution is -2.08.